The van der Waals surface area contributed by atoms with Crippen LogP contribution in [0.25, 0.3) is 0 Å². The highest BCUT2D eigenvalue weighted by Gasteiger charge is 2.29. The number of carbonyl (C=O) groups is 1. The first-order chi connectivity index (χ1) is 12.6. The van der Waals surface area contributed by atoms with E-state index in [0.29, 0.717) is 17.8 Å². The molecule has 27 heavy (non-hydrogen) atoms. The minimum atomic E-state index is -3.73. The molecule has 1 unspecified atom stereocenters. The van der Waals surface area contributed by atoms with Crippen LogP contribution >= 0.6 is 0 Å². The molecule has 1 atom stereocenters. The Balaban J connectivity index is 2.19. The Bertz CT molecular complexity index is 908. The molecule has 0 aliphatic heterocycles. The SMILES string of the molecule is Cc1ccccc1NS(=O)(=O)c1ccc(C(=O)NC(C)(CN)C(C)C)cc1. The van der Waals surface area contributed by atoms with Gasteiger partial charge in [0.25, 0.3) is 15.9 Å². The minimum Gasteiger partial charge on any atom is -0.345 e. The highest BCUT2D eigenvalue weighted by Crippen LogP contribution is 2.20. The number of nitrogens with two attached hydrogens (primary N) is 1. The van der Waals surface area contributed by atoms with E-state index in [1.807, 2.05) is 39.8 Å². The molecule has 0 aromatic heterocycles. The molecular formula is C20H27N3O3S. The van der Waals surface area contributed by atoms with Gasteiger partial charge in [0.1, 0.15) is 0 Å². The average molecular weight is 390 g/mol. The Hall–Kier alpha value is -2.38. The van der Waals surface area contributed by atoms with Crippen LogP contribution in [-0.4, -0.2) is 26.4 Å². The summed E-state index contributed by atoms with van der Waals surface area (Å²) in [4.78, 5) is 12.6. The van der Waals surface area contributed by atoms with E-state index in [2.05, 4.69) is 10.0 Å². The highest BCUT2D eigenvalue weighted by molar-refractivity contribution is 7.92. The molecule has 0 aliphatic rings. The number of hydrogen-bond donors (Lipinski definition) is 3. The van der Waals surface area contributed by atoms with Crippen molar-refractivity contribution in [2.45, 2.75) is 38.1 Å². The molecule has 0 heterocycles. The van der Waals surface area contributed by atoms with Crippen molar-refractivity contribution in [3.8, 4) is 0 Å². The van der Waals surface area contributed by atoms with Gasteiger partial charge in [0, 0.05) is 12.1 Å². The topological polar surface area (TPSA) is 101 Å². The first-order valence-electron chi connectivity index (χ1n) is 8.80. The fourth-order valence-electron chi connectivity index (χ4n) is 2.44. The Kier molecular flexibility index (Phi) is 6.28. The first-order valence-corrected chi connectivity index (χ1v) is 10.3. The first kappa shape index (κ1) is 20.9. The second-order valence-electron chi connectivity index (χ2n) is 7.18. The summed E-state index contributed by atoms with van der Waals surface area (Å²) in [5.41, 5.74) is 6.99. The second-order valence-corrected chi connectivity index (χ2v) is 8.86. The van der Waals surface area contributed by atoms with Crippen LogP contribution < -0.4 is 15.8 Å². The van der Waals surface area contributed by atoms with E-state index in [1.165, 1.54) is 24.3 Å². The Labute approximate surface area is 161 Å². The van der Waals surface area contributed by atoms with Crippen LogP contribution in [-0.2, 0) is 10.0 Å². The second kappa shape index (κ2) is 8.10. The number of sulfonamides is 1. The third-order valence-corrected chi connectivity index (χ3v) is 6.30. The van der Waals surface area contributed by atoms with Gasteiger partial charge < -0.3 is 11.1 Å². The van der Waals surface area contributed by atoms with Crippen molar-refractivity contribution in [1.82, 2.24) is 5.32 Å². The molecule has 0 aliphatic carbocycles. The monoisotopic (exact) mass is 389 g/mol. The maximum absolute atomic E-state index is 12.6. The fourth-order valence-corrected chi connectivity index (χ4v) is 3.57. The molecule has 4 N–H and O–H groups in total. The normalized spacial score (nSPS) is 13.9. The number of nitrogens with one attached hydrogen (secondary N) is 2. The number of rotatable bonds is 7. The third kappa shape index (κ3) is 4.87. The lowest BCUT2D eigenvalue weighted by atomic mass is 9.88. The van der Waals surface area contributed by atoms with Crippen molar-refractivity contribution in [1.29, 1.82) is 0 Å². The standard InChI is InChI=1S/C20H27N3O3S/c1-14(2)20(4,13-21)22-19(24)16-9-11-17(12-10-16)27(25,26)23-18-8-6-5-7-15(18)3/h5-12,14,23H,13,21H2,1-4H3,(H,22,24). The van der Waals surface area contributed by atoms with Gasteiger partial charge in [-0.05, 0) is 55.7 Å². The summed E-state index contributed by atoms with van der Waals surface area (Å²) in [5.74, 6) is -0.128. The summed E-state index contributed by atoms with van der Waals surface area (Å²) in [6.07, 6.45) is 0. The number of benzene rings is 2. The number of carbonyl (C=O) groups excluding carboxylic acids is 1. The number of aryl methyl sites for hydroxylation is 1. The maximum Gasteiger partial charge on any atom is 0.261 e. The zero-order valence-corrected chi connectivity index (χ0v) is 16.9. The lowest BCUT2D eigenvalue weighted by Crippen LogP contribution is -2.55. The molecule has 1 amide bonds. The summed E-state index contributed by atoms with van der Waals surface area (Å²) < 4.78 is 27.7. The maximum atomic E-state index is 12.6. The molecule has 2 aromatic rings. The lowest BCUT2D eigenvalue weighted by molar-refractivity contribution is 0.0883. The molecule has 0 radical (unpaired) electrons. The molecule has 7 heteroatoms. The van der Waals surface area contributed by atoms with E-state index in [9.17, 15) is 13.2 Å². The number of para-hydroxylation sites is 1. The van der Waals surface area contributed by atoms with Crippen LogP contribution in [0.5, 0.6) is 0 Å². The summed E-state index contributed by atoms with van der Waals surface area (Å²) in [7, 11) is -3.73. The van der Waals surface area contributed by atoms with E-state index >= 15 is 0 Å². The zero-order valence-electron chi connectivity index (χ0n) is 16.1. The number of anilines is 1. The predicted octanol–water partition coefficient (Wildman–Crippen LogP) is 2.90. The van der Waals surface area contributed by atoms with Crippen LogP contribution in [0, 0.1) is 12.8 Å². The highest BCUT2D eigenvalue weighted by atomic mass is 32.2. The molecule has 2 rings (SSSR count). The lowest BCUT2D eigenvalue weighted by Gasteiger charge is -2.33. The van der Waals surface area contributed by atoms with Gasteiger partial charge in [0.05, 0.1) is 16.1 Å². The van der Waals surface area contributed by atoms with Gasteiger partial charge in [0.15, 0.2) is 0 Å². The number of amides is 1. The van der Waals surface area contributed by atoms with Crippen molar-refractivity contribution < 1.29 is 13.2 Å². The van der Waals surface area contributed by atoms with Gasteiger partial charge >= 0.3 is 0 Å². The van der Waals surface area contributed by atoms with E-state index in [4.69, 9.17) is 5.73 Å². The van der Waals surface area contributed by atoms with Gasteiger partial charge in [-0.2, -0.15) is 0 Å². The van der Waals surface area contributed by atoms with Gasteiger partial charge in [-0.15, -0.1) is 0 Å². The molecular weight excluding hydrogens is 362 g/mol. The quantitative estimate of drug-likeness (QED) is 0.678. The Morgan fingerprint density at radius 2 is 1.70 bits per heavy atom. The smallest absolute Gasteiger partial charge is 0.261 e. The molecule has 0 saturated carbocycles. The number of hydrogen-bond acceptors (Lipinski definition) is 4. The van der Waals surface area contributed by atoms with Crippen LogP contribution in [0.1, 0.15) is 36.7 Å². The van der Waals surface area contributed by atoms with Crippen LogP contribution in [0.3, 0.4) is 0 Å². The summed E-state index contributed by atoms with van der Waals surface area (Å²) in [6, 6.07) is 13.0. The van der Waals surface area contributed by atoms with E-state index in [0.717, 1.165) is 5.56 Å². The summed E-state index contributed by atoms with van der Waals surface area (Å²) in [6.45, 7) is 8.00. The van der Waals surface area contributed by atoms with Crippen molar-refractivity contribution in [3.05, 3.63) is 59.7 Å². The van der Waals surface area contributed by atoms with E-state index in [1.54, 1.807) is 12.1 Å². The average Bonchev–Trinajstić information content (AvgIpc) is 2.63. The van der Waals surface area contributed by atoms with Gasteiger partial charge in [-0.1, -0.05) is 32.0 Å². The fraction of sp³-hybridized carbons (Fsp3) is 0.350. The van der Waals surface area contributed by atoms with Gasteiger partial charge in [-0.3, -0.25) is 9.52 Å². The molecule has 0 bridgehead atoms. The van der Waals surface area contributed by atoms with Crippen LogP contribution in [0.15, 0.2) is 53.4 Å². The summed E-state index contributed by atoms with van der Waals surface area (Å²) >= 11 is 0. The molecule has 0 spiro atoms. The van der Waals surface area contributed by atoms with Crippen molar-refractivity contribution >= 4 is 21.6 Å². The van der Waals surface area contributed by atoms with Crippen molar-refractivity contribution in [2.24, 2.45) is 11.7 Å². The van der Waals surface area contributed by atoms with Crippen molar-refractivity contribution in [2.75, 3.05) is 11.3 Å². The van der Waals surface area contributed by atoms with Crippen molar-refractivity contribution in [3.63, 3.8) is 0 Å². The van der Waals surface area contributed by atoms with Crippen LogP contribution in [0.4, 0.5) is 5.69 Å². The minimum absolute atomic E-state index is 0.0905. The molecule has 0 fully saturated rings. The van der Waals surface area contributed by atoms with E-state index in [-0.39, 0.29) is 16.7 Å². The van der Waals surface area contributed by atoms with E-state index < -0.39 is 15.6 Å². The summed E-state index contributed by atoms with van der Waals surface area (Å²) in [5, 5.41) is 2.94. The largest absolute Gasteiger partial charge is 0.345 e. The van der Waals surface area contributed by atoms with Crippen LogP contribution in [0.2, 0.25) is 0 Å². The Morgan fingerprint density at radius 1 is 1.11 bits per heavy atom. The predicted molar refractivity (Wildman–Crippen MR) is 108 cm³/mol. The third-order valence-electron chi connectivity index (χ3n) is 4.91. The van der Waals surface area contributed by atoms with Gasteiger partial charge in [0.2, 0.25) is 0 Å². The Morgan fingerprint density at radius 3 is 2.22 bits per heavy atom. The molecule has 2 aromatic carbocycles. The van der Waals surface area contributed by atoms with Gasteiger partial charge in [-0.25, -0.2) is 8.42 Å². The molecule has 0 saturated heterocycles. The molecule has 6 nitrogen and oxygen atoms in total. The molecule has 146 valence electrons. The zero-order chi connectivity index (χ0) is 20.2.